The lowest BCUT2D eigenvalue weighted by Crippen LogP contribution is -2.15. The zero-order valence-electron chi connectivity index (χ0n) is 13.6. The smallest absolute Gasteiger partial charge is 0.309 e. The van der Waals surface area contributed by atoms with Crippen LogP contribution in [0, 0.1) is 0 Å². The van der Waals surface area contributed by atoms with Crippen LogP contribution in [0.3, 0.4) is 0 Å². The molecule has 0 aliphatic rings. The second-order valence-electron chi connectivity index (χ2n) is 5.73. The molecule has 0 saturated carbocycles. The Morgan fingerprint density at radius 2 is 2.08 bits per heavy atom. The molecule has 128 valence electrons. The minimum Gasteiger partial charge on any atom is -0.493 e. The summed E-state index contributed by atoms with van der Waals surface area (Å²) in [6, 6.07) is 14.6. The first-order valence-corrected chi connectivity index (χ1v) is 8.02. The summed E-state index contributed by atoms with van der Waals surface area (Å²) in [4.78, 5) is 19.3. The predicted octanol–water partition coefficient (Wildman–Crippen LogP) is 2.73. The molecule has 0 fully saturated rings. The highest BCUT2D eigenvalue weighted by atomic mass is 16.5. The maximum Gasteiger partial charge on any atom is 0.309 e. The second-order valence-corrected chi connectivity index (χ2v) is 5.73. The van der Waals surface area contributed by atoms with Crippen molar-refractivity contribution in [2.45, 2.75) is 18.9 Å². The first-order valence-electron chi connectivity index (χ1n) is 8.02. The third-order valence-corrected chi connectivity index (χ3v) is 3.82. The summed E-state index contributed by atoms with van der Waals surface area (Å²) in [5.41, 5.74) is 8.24. The van der Waals surface area contributed by atoms with E-state index in [1.807, 2.05) is 42.5 Å². The van der Waals surface area contributed by atoms with E-state index in [9.17, 15) is 4.79 Å². The minimum atomic E-state index is -0.893. The fraction of sp³-hybridized carbons (Fsp3) is 0.211. The Morgan fingerprint density at radius 1 is 1.20 bits per heavy atom. The number of aromatic nitrogens is 2. The van der Waals surface area contributed by atoms with Crippen molar-refractivity contribution in [3.05, 3.63) is 66.1 Å². The molecule has 6 nitrogen and oxygen atoms in total. The van der Waals surface area contributed by atoms with E-state index in [4.69, 9.17) is 15.6 Å². The average molecular weight is 337 g/mol. The normalized spacial score (nSPS) is 12.0. The van der Waals surface area contributed by atoms with Crippen LogP contribution in [0.15, 0.2) is 54.7 Å². The Labute approximate surface area is 145 Å². The molecule has 3 N–H and O–H groups in total. The summed E-state index contributed by atoms with van der Waals surface area (Å²) in [5.74, 6) is -0.162. The molecule has 1 unspecified atom stereocenters. The summed E-state index contributed by atoms with van der Waals surface area (Å²) in [6.45, 7) is 0.480. The number of fused-ring (bicyclic) bond motifs is 1. The molecule has 6 heteroatoms. The van der Waals surface area contributed by atoms with Crippen molar-refractivity contribution in [1.82, 2.24) is 9.97 Å². The SMILES string of the molecule is NC(CCOc1ccc2nc(CC(=O)O)ccc2c1)c1ccccn1. The number of pyridine rings is 2. The highest BCUT2D eigenvalue weighted by Gasteiger charge is 2.08. The van der Waals surface area contributed by atoms with Crippen molar-refractivity contribution in [3.8, 4) is 5.75 Å². The Kier molecular flexibility index (Phi) is 5.20. The van der Waals surface area contributed by atoms with Crippen LogP contribution in [-0.2, 0) is 11.2 Å². The van der Waals surface area contributed by atoms with Gasteiger partial charge in [-0.2, -0.15) is 0 Å². The first kappa shape index (κ1) is 16.9. The van der Waals surface area contributed by atoms with Gasteiger partial charge in [0.05, 0.1) is 36.0 Å². The molecule has 0 aliphatic carbocycles. The van der Waals surface area contributed by atoms with Crippen LogP contribution in [0.5, 0.6) is 5.75 Å². The third kappa shape index (κ3) is 4.51. The number of ether oxygens (including phenoxy) is 1. The standard InChI is InChI=1S/C19H19N3O3/c20-16(18-3-1-2-9-21-18)8-10-25-15-6-7-17-13(11-15)4-5-14(22-17)12-19(23)24/h1-7,9,11,16H,8,10,12,20H2,(H,23,24). The lowest BCUT2D eigenvalue weighted by atomic mass is 10.1. The fourth-order valence-electron chi connectivity index (χ4n) is 2.54. The molecule has 0 amide bonds. The van der Waals surface area contributed by atoms with Gasteiger partial charge in [-0.1, -0.05) is 12.1 Å². The summed E-state index contributed by atoms with van der Waals surface area (Å²) < 4.78 is 5.77. The zero-order valence-corrected chi connectivity index (χ0v) is 13.6. The summed E-state index contributed by atoms with van der Waals surface area (Å²) >= 11 is 0. The van der Waals surface area contributed by atoms with Crippen molar-refractivity contribution in [1.29, 1.82) is 0 Å². The van der Waals surface area contributed by atoms with Crippen LogP contribution in [0.1, 0.15) is 23.9 Å². The number of nitrogens with zero attached hydrogens (tertiary/aromatic N) is 2. The quantitative estimate of drug-likeness (QED) is 0.688. The number of carboxylic acids is 1. The van der Waals surface area contributed by atoms with E-state index in [2.05, 4.69) is 9.97 Å². The predicted molar refractivity (Wildman–Crippen MR) is 94.4 cm³/mol. The van der Waals surface area contributed by atoms with Crippen LogP contribution in [0.4, 0.5) is 0 Å². The maximum atomic E-state index is 10.8. The van der Waals surface area contributed by atoms with Gasteiger partial charge in [0, 0.05) is 18.0 Å². The Hall–Kier alpha value is -2.99. The molecule has 0 bridgehead atoms. The highest BCUT2D eigenvalue weighted by Crippen LogP contribution is 2.21. The van der Waals surface area contributed by atoms with Crippen LogP contribution in [-0.4, -0.2) is 27.7 Å². The Balaban J connectivity index is 1.61. The van der Waals surface area contributed by atoms with Crippen LogP contribution < -0.4 is 10.5 Å². The van der Waals surface area contributed by atoms with Crippen molar-refractivity contribution >= 4 is 16.9 Å². The summed E-state index contributed by atoms with van der Waals surface area (Å²) in [5, 5.41) is 9.74. The van der Waals surface area contributed by atoms with Gasteiger partial charge in [0.25, 0.3) is 0 Å². The van der Waals surface area contributed by atoms with Gasteiger partial charge in [0.2, 0.25) is 0 Å². The van der Waals surface area contributed by atoms with E-state index in [1.54, 1.807) is 12.3 Å². The molecular weight excluding hydrogens is 318 g/mol. The van der Waals surface area contributed by atoms with E-state index in [0.717, 1.165) is 22.3 Å². The summed E-state index contributed by atoms with van der Waals surface area (Å²) in [7, 11) is 0. The van der Waals surface area contributed by atoms with Crippen molar-refractivity contribution in [3.63, 3.8) is 0 Å². The van der Waals surface area contributed by atoms with Gasteiger partial charge in [-0.15, -0.1) is 0 Å². The monoisotopic (exact) mass is 337 g/mol. The first-order chi connectivity index (χ1) is 12.1. The molecule has 2 aromatic heterocycles. The number of nitrogens with two attached hydrogens (primary N) is 1. The second kappa shape index (κ2) is 7.72. The summed E-state index contributed by atoms with van der Waals surface area (Å²) in [6.07, 6.45) is 2.30. The topological polar surface area (TPSA) is 98.3 Å². The van der Waals surface area contributed by atoms with Crippen molar-refractivity contribution in [2.75, 3.05) is 6.61 Å². The Bertz CT molecular complexity index is 868. The van der Waals surface area contributed by atoms with Gasteiger partial charge < -0.3 is 15.6 Å². The number of hydrogen-bond acceptors (Lipinski definition) is 5. The number of carboxylic acid groups (broad SMARTS) is 1. The van der Waals surface area contributed by atoms with Crippen LogP contribution in [0.25, 0.3) is 10.9 Å². The van der Waals surface area contributed by atoms with Gasteiger partial charge in [0.1, 0.15) is 5.75 Å². The van der Waals surface area contributed by atoms with Crippen LogP contribution >= 0.6 is 0 Å². The van der Waals surface area contributed by atoms with Gasteiger partial charge in [-0.3, -0.25) is 14.8 Å². The molecule has 0 radical (unpaired) electrons. The molecule has 1 atom stereocenters. The number of rotatable bonds is 7. The molecule has 3 rings (SSSR count). The van der Waals surface area contributed by atoms with E-state index in [1.165, 1.54) is 0 Å². The van der Waals surface area contributed by atoms with Gasteiger partial charge in [-0.05, 0) is 36.4 Å². The number of benzene rings is 1. The molecule has 1 aromatic carbocycles. The number of carbonyl (C=O) groups is 1. The van der Waals surface area contributed by atoms with E-state index < -0.39 is 5.97 Å². The average Bonchev–Trinajstić information content (AvgIpc) is 2.62. The highest BCUT2D eigenvalue weighted by molar-refractivity contribution is 5.81. The lowest BCUT2D eigenvalue weighted by molar-refractivity contribution is -0.136. The van der Waals surface area contributed by atoms with Gasteiger partial charge in [0.15, 0.2) is 0 Å². The Morgan fingerprint density at radius 3 is 2.84 bits per heavy atom. The third-order valence-electron chi connectivity index (χ3n) is 3.82. The molecular formula is C19H19N3O3. The minimum absolute atomic E-state index is 0.0837. The van der Waals surface area contributed by atoms with Crippen LogP contribution in [0.2, 0.25) is 0 Å². The van der Waals surface area contributed by atoms with Gasteiger partial charge >= 0.3 is 5.97 Å². The molecule has 25 heavy (non-hydrogen) atoms. The zero-order chi connectivity index (χ0) is 17.6. The molecule has 0 spiro atoms. The van der Waals surface area contributed by atoms with E-state index in [0.29, 0.717) is 18.7 Å². The van der Waals surface area contributed by atoms with E-state index in [-0.39, 0.29) is 12.5 Å². The molecule has 3 aromatic rings. The fourth-order valence-corrected chi connectivity index (χ4v) is 2.54. The maximum absolute atomic E-state index is 10.8. The largest absolute Gasteiger partial charge is 0.493 e. The van der Waals surface area contributed by atoms with Crippen molar-refractivity contribution in [2.24, 2.45) is 5.73 Å². The molecule has 0 saturated heterocycles. The number of hydrogen-bond donors (Lipinski definition) is 2. The molecule has 0 aliphatic heterocycles. The van der Waals surface area contributed by atoms with Crippen molar-refractivity contribution < 1.29 is 14.6 Å². The van der Waals surface area contributed by atoms with Gasteiger partial charge in [-0.25, -0.2) is 0 Å². The molecule has 2 heterocycles. The number of aliphatic carboxylic acids is 1. The van der Waals surface area contributed by atoms with E-state index >= 15 is 0 Å². The lowest BCUT2D eigenvalue weighted by Gasteiger charge is -2.12.